The number of ether oxygens (including phenoxy) is 1. The third-order valence-corrected chi connectivity index (χ3v) is 2.97. The van der Waals surface area contributed by atoms with Crippen molar-refractivity contribution < 1.29 is 13.9 Å². The van der Waals surface area contributed by atoms with Crippen LogP contribution in [-0.2, 0) is 4.74 Å². The van der Waals surface area contributed by atoms with E-state index in [1.165, 1.54) is 6.07 Å². The second-order valence-electron chi connectivity index (χ2n) is 3.26. The summed E-state index contributed by atoms with van der Waals surface area (Å²) in [7, 11) is 0. The van der Waals surface area contributed by atoms with E-state index in [9.17, 15) is 9.18 Å². The Balaban J connectivity index is 0.00000128. The molecular weight excluding hydrogens is 300 g/mol. The smallest absolute Gasteiger partial charge is 0.407 e. The van der Waals surface area contributed by atoms with E-state index in [0.717, 1.165) is 0 Å². The van der Waals surface area contributed by atoms with Gasteiger partial charge in [0.05, 0.1) is 12.6 Å². The minimum Gasteiger partial charge on any atom is -0.449 e. The van der Waals surface area contributed by atoms with Gasteiger partial charge in [-0.05, 0) is 12.1 Å². The number of cyclic esters (lactones) is 1. The van der Waals surface area contributed by atoms with Crippen LogP contribution in [-0.4, -0.2) is 12.7 Å². The third kappa shape index (κ3) is 2.65. The van der Waals surface area contributed by atoms with Crippen molar-refractivity contribution in [1.29, 1.82) is 0 Å². The number of halogens is 3. The lowest BCUT2D eigenvalue weighted by molar-refractivity contribution is 0.115. The van der Waals surface area contributed by atoms with Gasteiger partial charge in [0.2, 0.25) is 0 Å². The molecule has 0 bridgehead atoms. The summed E-state index contributed by atoms with van der Waals surface area (Å²) in [5, 5.41) is 2.58. The summed E-state index contributed by atoms with van der Waals surface area (Å²) in [6.45, 7) is 0.317. The number of hydrogen-bond donors (Lipinski definition) is 1. The quantitative estimate of drug-likeness (QED) is 0.865. The monoisotopic (exact) mass is 309 g/mol. The number of nitrogens with one attached hydrogen (secondary N) is 1. The lowest BCUT2D eigenvalue weighted by Gasteiger charge is -2.24. The third-order valence-electron chi connectivity index (χ3n) is 2.28. The standard InChI is InChI=1S/C10H9BrFNO2.ClH/c11-6-2-1-3-7(12)9(6)8-4-5-15-10(14)13-8;/h1-3,8H,4-5H2,(H,13,14);1H/t8-;/m1./s1. The zero-order chi connectivity index (χ0) is 10.8. The number of hydrogen-bond acceptors (Lipinski definition) is 2. The van der Waals surface area contributed by atoms with E-state index in [1.54, 1.807) is 12.1 Å². The molecule has 0 saturated carbocycles. The normalized spacial score (nSPS) is 19.4. The van der Waals surface area contributed by atoms with Crippen molar-refractivity contribution in [3.63, 3.8) is 0 Å². The highest BCUT2D eigenvalue weighted by molar-refractivity contribution is 9.10. The molecule has 1 saturated heterocycles. The molecule has 1 aromatic rings. The average Bonchev–Trinajstić information content (AvgIpc) is 2.17. The highest BCUT2D eigenvalue weighted by atomic mass is 79.9. The zero-order valence-electron chi connectivity index (χ0n) is 8.20. The Morgan fingerprint density at radius 3 is 2.88 bits per heavy atom. The van der Waals surface area contributed by atoms with E-state index in [2.05, 4.69) is 21.2 Å². The highest BCUT2D eigenvalue weighted by Crippen LogP contribution is 2.29. The fourth-order valence-corrected chi connectivity index (χ4v) is 2.20. The van der Waals surface area contributed by atoms with Gasteiger partial charge in [-0.25, -0.2) is 9.18 Å². The molecule has 0 aromatic heterocycles. The minimum atomic E-state index is -0.499. The number of rotatable bonds is 1. The van der Waals surface area contributed by atoms with Gasteiger partial charge in [0, 0.05) is 16.5 Å². The van der Waals surface area contributed by atoms with E-state index in [-0.39, 0.29) is 24.3 Å². The predicted molar refractivity (Wildman–Crippen MR) is 63.2 cm³/mol. The summed E-state index contributed by atoms with van der Waals surface area (Å²) in [6, 6.07) is 4.42. The zero-order valence-corrected chi connectivity index (χ0v) is 10.6. The molecule has 0 radical (unpaired) electrons. The van der Waals surface area contributed by atoms with Gasteiger partial charge >= 0.3 is 6.09 Å². The molecule has 16 heavy (non-hydrogen) atoms. The maximum Gasteiger partial charge on any atom is 0.407 e. The largest absolute Gasteiger partial charge is 0.449 e. The van der Waals surface area contributed by atoms with Crippen LogP contribution in [0.2, 0.25) is 0 Å². The summed E-state index contributed by atoms with van der Waals surface area (Å²) in [4.78, 5) is 11.0. The molecule has 1 aromatic carbocycles. The Kier molecular flexibility index (Phi) is 4.56. The number of carbonyl (C=O) groups excluding carboxylic acids is 1. The molecular formula is C10H10BrClFNO2. The fraction of sp³-hybridized carbons (Fsp3) is 0.300. The Hall–Kier alpha value is -0.810. The van der Waals surface area contributed by atoms with Crippen molar-refractivity contribution in [3.8, 4) is 0 Å². The molecule has 1 aliphatic rings. The van der Waals surface area contributed by atoms with Gasteiger partial charge in [0.15, 0.2) is 0 Å². The summed E-state index contributed by atoms with van der Waals surface area (Å²) >= 11 is 3.27. The Morgan fingerprint density at radius 2 is 2.25 bits per heavy atom. The van der Waals surface area contributed by atoms with E-state index in [4.69, 9.17) is 4.74 Å². The molecule has 88 valence electrons. The van der Waals surface area contributed by atoms with E-state index in [0.29, 0.717) is 23.1 Å². The lowest BCUT2D eigenvalue weighted by atomic mass is 10.0. The van der Waals surface area contributed by atoms with Crippen LogP contribution >= 0.6 is 28.3 Å². The molecule has 1 fully saturated rings. The van der Waals surface area contributed by atoms with Crippen molar-refractivity contribution in [2.24, 2.45) is 0 Å². The maximum atomic E-state index is 13.5. The average molecular weight is 311 g/mol. The van der Waals surface area contributed by atoms with Crippen LogP contribution in [0.3, 0.4) is 0 Å². The first-order valence-electron chi connectivity index (χ1n) is 4.55. The molecule has 2 rings (SSSR count). The molecule has 1 N–H and O–H groups in total. The van der Waals surface area contributed by atoms with Crippen LogP contribution in [0.15, 0.2) is 22.7 Å². The van der Waals surface area contributed by atoms with Crippen LogP contribution in [0.4, 0.5) is 9.18 Å². The van der Waals surface area contributed by atoms with Gasteiger partial charge in [-0.15, -0.1) is 12.4 Å². The van der Waals surface area contributed by atoms with Crippen LogP contribution in [0.25, 0.3) is 0 Å². The van der Waals surface area contributed by atoms with E-state index in [1.807, 2.05) is 0 Å². The maximum absolute atomic E-state index is 13.5. The van der Waals surface area contributed by atoms with Gasteiger partial charge in [-0.1, -0.05) is 22.0 Å². The lowest BCUT2D eigenvalue weighted by Crippen LogP contribution is -2.35. The molecule has 1 amide bonds. The first-order chi connectivity index (χ1) is 7.18. The fourth-order valence-electron chi connectivity index (χ4n) is 1.59. The number of benzene rings is 1. The van der Waals surface area contributed by atoms with Gasteiger partial charge in [0.25, 0.3) is 0 Å². The molecule has 0 unspecified atom stereocenters. The Labute approximate surface area is 107 Å². The topological polar surface area (TPSA) is 38.3 Å². The van der Waals surface area contributed by atoms with Crippen LogP contribution in [0.1, 0.15) is 18.0 Å². The van der Waals surface area contributed by atoms with Gasteiger partial charge < -0.3 is 10.1 Å². The second kappa shape index (κ2) is 5.50. The number of amides is 1. The van der Waals surface area contributed by atoms with Crippen molar-refractivity contribution in [3.05, 3.63) is 34.1 Å². The van der Waals surface area contributed by atoms with Gasteiger partial charge in [-0.3, -0.25) is 0 Å². The molecule has 6 heteroatoms. The van der Waals surface area contributed by atoms with Crippen LogP contribution < -0.4 is 5.32 Å². The van der Waals surface area contributed by atoms with Crippen molar-refractivity contribution in [1.82, 2.24) is 5.32 Å². The van der Waals surface area contributed by atoms with Crippen LogP contribution in [0, 0.1) is 5.82 Å². The molecule has 1 atom stereocenters. The summed E-state index contributed by atoms with van der Waals surface area (Å²) in [6.07, 6.45) is 0.0760. The predicted octanol–water partition coefficient (Wildman–Crippen LogP) is 3.18. The molecule has 1 aliphatic heterocycles. The molecule has 3 nitrogen and oxygen atoms in total. The van der Waals surface area contributed by atoms with Gasteiger partial charge in [0.1, 0.15) is 5.82 Å². The SMILES string of the molecule is Cl.O=C1N[C@@H](c2c(F)cccc2Br)CCO1. The van der Waals surface area contributed by atoms with E-state index >= 15 is 0 Å². The van der Waals surface area contributed by atoms with E-state index < -0.39 is 6.09 Å². The van der Waals surface area contributed by atoms with Crippen molar-refractivity contribution >= 4 is 34.4 Å². The first kappa shape index (κ1) is 13.3. The second-order valence-corrected chi connectivity index (χ2v) is 4.11. The Bertz CT molecular complexity index is 382. The minimum absolute atomic E-state index is 0. The summed E-state index contributed by atoms with van der Waals surface area (Å²) in [5.74, 6) is -0.323. The highest BCUT2D eigenvalue weighted by Gasteiger charge is 2.24. The summed E-state index contributed by atoms with van der Waals surface area (Å²) < 4.78 is 18.9. The molecule has 0 spiro atoms. The molecule has 0 aliphatic carbocycles. The summed E-state index contributed by atoms with van der Waals surface area (Å²) in [5.41, 5.74) is 0.481. The van der Waals surface area contributed by atoms with Crippen molar-refractivity contribution in [2.75, 3.05) is 6.61 Å². The Morgan fingerprint density at radius 1 is 1.50 bits per heavy atom. The van der Waals surface area contributed by atoms with Crippen molar-refractivity contribution in [2.45, 2.75) is 12.5 Å². The number of alkyl carbamates (subject to hydrolysis) is 1. The molecule has 1 heterocycles. The van der Waals surface area contributed by atoms with Crippen LogP contribution in [0.5, 0.6) is 0 Å². The number of carbonyl (C=O) groups is 1. The van der Waals surface area contributed by atoms with Gasteiger partial charge in [-0.2, -0.15) is 0 Å². The first-order valence-corrected chi connectivity index (χ1v) is 5.35.